The molecule has 0 saturated heterocycles. The maximum atomic E-state index is 11.0. The second-order valence-corrected chi connectivity index (χ2v) is 2.30. The van der Waals surface area contributed by atoms with Crippen LogP contribution in [0.3, 0.4) is 0 Å². The van der Waals surface area contributed by atoms with Crippen LogP contribution in [0.25, 0.3) is 0 Å². The number of esters is 1. The van der Waals surface area contributed by atoms with E-state index in [4.69, 9.17) is 4.74 Å². The molecular formula is C7H12N2O2. The van der Waals surface area contributed by atoms with Crippen molar-refractivity contribution in [2.75, 3.05) is 19.8 Å². The number of hydrogen-bond acceptors (Lipinski definition) is 4. The number of rotatable bonds is 2. The molecule has 0 radical (unpaired) electrons. The molecule has 0 aromatic heterocycles. The summed E-state index contributed by atoms with van der Waals surface area (Å²) in [6.07, 6.45) is 1.65. The lowest BCUT2D eigenvalue weighted by molar-refractivity contribution is -0.145. The van der Waals surface area contributed by atoms with Gasteiger partial charge in [-0.3, -0.25) is 15.1 Å². The zero-order chi connectivity index (χ0) is 8.10. The molecule has 1 aliphatic heterocycles. The van der Waals surface area contributed by atoms with Crippen LogP contribution in [-0.2, 0) is 9.53 Å². The van der Waals surface area contributed by atoms with Gasteiger partial charge in [-0.25, -0.2) is 0 Å². The number of hydrogen-bond donors (Lipinski definition) is 1. The molecule has 0 aromatic rings. The Morgan fingerprint density at radius 2 is 2.73 bits per heavy atom. The second kappa shape index (κ2) is 4.08. The molecule has 1 heterocycles. The summed E-state index contributed by atoms with van der Waals surface area (Å²) in [5.74, 6) is -0.382. The quantitative estimate of drug-likeness (QED) is 0.563. The Balaban J connectivity index is 2.39. The van der Waals surface area contributed by atoms with Crippen molar-refractivity contribution in [3.8, 4) is 0 Å². The van der Waals surface area contributed by atoms with Crippen molar-refractivity contribution >= 4 is 12.2 Å². The van der Waals surface area contributed by atoms with Crippen molar-refractivity contribution < 1.29 is 9.53 Å². The lowest BCUT2D eigenvalue weighted by atomic mass is 10.1. The Bertz CT molecular complexity index is 168. The summed E-state index contributed by atoms with van der Waals surface area (Å²) in [5.41, 5.74) is 0. The van der Waals surface area contributed by atoms with Gasteiger partial charge < -0.3 is 4.74 Å². The van der Waals surface area contributed by atoms with Gasteiger partial charge >= 0.3 is 5.97 Å². The van der Waals surface area contributed by atoms with Crippen molar-refractivity contribution in [1.29, 1.82) is 0 Å². The van der Waals surface area contributed by atoms with E-state index in [1.165, 1.54) is 0 Å². The first-order chi connectivity index (χ1) is 5.34. The van der Waals surface area contributed by atoms with Gasteiger partial charge in [0.25, 0.3) is 0 Å². The minimum absolute atomic E-state index is 0.191. The molecule has 0 aliphatic carbocycles. The Kier molecular flexibility index (Phi) is 3.04. The first-order valence-electron chi connectivity index (χ1n) is 3.72. The summed E-state index contributed by atoms with van der Waals surface area (Å²) in [5, 5.41) is 2.98. The maximum Gasteiger partial charge on any atom is 0.315 e. The van der Waals surface area contributed by atoms with E-state index in [2.05, 4.69) is 10.3 Å². The van der Waals surface area contributed by atoms with Gasteiger partial charge in [0.2, 0.25) is 0 Å². The molecule has 11 heavy (non-hydrogen) atoms. The SMILES string of the molecule is CCOC(=O)C1C=NCNC1. The van der Waals surface area contributed by atoms with Crippen LogP contribution in [0.15, 0.2) is 4.99 Å². The Morgan fingerprint density at radius 1 is 1.91 bits per heavy atom. The molecule has 0 fully saturated rings. The largest absolute Gasteiger partial charge is 0.465 e. The highest BCUT2D eigenvalue weighted by molar-refractivity contribution is 5.90. The summed E-state index contributed by atoms with van der Waals surface area (Å²) in [7, 11) is 0. The number of nitrogens with zero attached hydrogens (tertiary/aromatic N) is 1. The van der Waals surface area contributed by atoms with Gasteiger partial charge in [0.15, 0.2) is 0 Å². The smallest absolute Gasteiger partial charge is 0.315 e. The minimum Gasteiger partial charge on any atom is -0.465 e. The van der Waals surface area contributed by atoms with Crippen LogP contribution in [-0.4, -0.2) is 32.0 Å². The van der Waals surface area contributed by atoms with Crippen molar-refractivity contribution in [3.63, 3.8) is 0 Å². The zero-order valence-electron chi connectivity index (χ0n) is 6.54. The molecule has 62 valence electrons. The predicted octanol–water partition coefficient (Wildman–Crippen LogP) is -0.203. The summed E-state index contributed by atoms with van der Waals surface area (Å²) >= 11 is 0. The molecule has 1 unspecified atom stereocenters. The van der Waals surface area contributed by atoms with E-state index in [9.17, 15) is 4.79 Å². The van der Waals surface area contributed by atoms with Gasteiger partial charge in [-0.1, -0.05) is 0 Å². The molecule has 0 saturated carbocycles. The minimum atomic E-state index is -0.191. The maximum absolute atomic E-state index is 11.0. The monoisotopic (exact) mass is 156 g/mol. The van der Waals surface area contributed by atoms with E-state index in [0.29, 0.717) is 19.8 Å². The van der Waals surface area contributed by atoms with Crippen LogP contribution in [0, 0.1) is 5.92 Å². The summed E-state index contributed by atoms with van der Waals surface area (Å²) < 4.78 is 4.81. The summed E-state index contributed by atoms with van der Waals surface area (Å²) in [6, 6.07) is 0. The van der Waals surface area contributed by atoms with Crippen LogP contribution < -0.4 is 5.32 Å². The van der Waals surface area contributed by atoms with Crippen LogP contribution >= 0.6 is 0 Å². The molecule has 1 aliphatic rings. The van der Waals surface area contributed by atoms with Gasteiger partial charge in [-0.2, -0.15) is 0 Å². The Labute approximate surface area is 65.6 Å². The third kappa shape index (κ3) is 2.31. The highest BCUT2D eigenvalue weighted by Crippen LogP contribution is 1.98. The van der Waals surface area contributed by atoms with E-state index < -0.39 is 0 Å². The lowest BCUT2D eigenvalue weighted by Crippen LogP contribution is -2.34. The highest BCUT2D eigenvalue weighted by atomic mass is 16.5. The molecule has 1 atom stereocenters. The molecule has 4 heteroatoms. The van der Waals surface area contributed by atoms with Crippen LogP contribution in [0.5, 0.6) is 0 Å². The van der Waals surface area contributed by atoms with E-state index in [1.807, 2.05) is 0 Å². The predicted molar refractivity (Wildman–Crippen MR) is 41.5 cm³/mol. The molecule has 4 nitrogen and oxygen atoms in total. The van der Waals surface area contributed by atoms with Crippen LogP contribution in [0.4, 0.5) is 0 Å². The fourth-order valence-corrected chi connectivity index (χ4v) is 0.911. The molecule has 1 rings (SSSR count). The molecule has 0 aromatic carbocycles. The van der Waals surface area contributed by atoms with E-state index in [1.54, 1.807) is 13.1 Å². The molecule has 0 bridgehead atoms. The van der Waals surface area contributed by atoms with Crippen LogP contribution in [0.1, 0.15) is 6.92 Å². The highest BCUT2D eigenvalue weighted by Gasteiger charge is 2.18. The summed E-state index contributed by atoms with van der Waals surface area (Å²) in [4.78, 5) is 15.0. The topological polar surface area (TPSA) is 50.7 Å². The average molecular weight is 156 g/mol. The number of carbonyl (C=O) groups excluding carboxylic acids is 1. The lowest BCUT2D eigenvalue weighted by Gasteiger charge is -2.14. The fraction of sp³-hybridized carbons (Fsp3) is 0.714. The van der Waals surface area contributed by atoms with Gasteiger partial charge in [0, 0.05) is 12.8 Å². The van der Waals surface area contributed by atoms with Gasteiger partial charge in [0.05, 0.1) is 13.3 Å². The van der Waals surface area contributed by atoms with E-state index >= 15 is 0 Å². The number of ether oxygens (including phenoxy) is 1. The second-order valence-electron chi connectivity index (χ2n) is 2.30. The molecule has 1 N–H and O–H groups in total. The van der Waals surface area contributed by atoms with Crippen molar-refractivity contribution in [2.24, 2.45) is 10.9 Å². The Hall–Kier alpha value is -0.900. The average Bonchev–Trinajstić information content (AvgIpc) is 2.07. The number of nitrogens with one attached hydrogen (secondary N) is 1. The van der Waals surface area contributed by atoms with Crippen molar-refractivity contribution in [3.05, 3.63) is 0 Å². The van der Waals surface area contributed by atoms with Crippen molar-refractivity contribution in [1.82, 2.24) is 5.32 Å². The van der Waals surface area contributed by atoms with E-state index in [0.717, 1.165) is 0 Å². The zero-order valence-corrected chi connectivity index (χ0v) is 6.54. The standard InChI is InChI=1S/C7H12N2O2/c1-2-11-7(10)6-3-8-5-9-4-6/h3,6,9H,2,4-5H2,1H3. The summed E-state index contributed by atoms with van der Waals surface area (Å²) in [6.45, 7) is 3.48. The normalized spacial score (nSPS) is 23.2. The van der Waals surface area contributed by atoms with Crippen molar-refractivity contribution in [2.45, 2.75) is 6.92 Å². The molecule has 0 spiro atoms. The molecule has 0 amide bonds. The first-order valence-corrected chi connectivity index (χ1v) is 3.72. The van der Waals surface area contributed by atoms with Gasteiger partial charge in [-0.15, -0.1) is 0 Å². The van der Waals surface area contributed by atoms with Gasteiger partial charge in [-0.05, 0) is 6.92 Å². The number of carbonyl (C=O) groups is 1. The first kappa shape index (κ1) is 8.20. The third-order valence-electron chi connectivity index (χ3n) is 1.44. The van der Waals surface area contributed by atoms with Crippen LogP contribution in [0.2, 0.25) is 0 Å². The molecular weight excluding hydrogens is 144 g/mol. The third-order valence-corrected chi connectivity index (χ3v) is 1.44. The fourth-order valence-electron chi connectivity index (χ4n) is 0.911. The Morgan fingerprint density at radius 3 is 3.27 bits per heavy atom. The number of aliphatic imine (C=N–C) groups is 1. The van der Waals surface area contributed by atoms with Gasteiger partial charge in [0.1, 0.15) is 5.92 Å². The van der Waals surface area contributed by atoms with E-state index in [-0.39, 0.29) is 11.9 Å².